The van der Waals surface area contributed by atoms with Gasteiger partial charge in [0.05, 0.1) is 12.1 Å². The van der Waals surface area contributed by atoms with Crippen LogP contribution in [0.5, 0.6) is 5.75 Å². The van der Waals surface area contributed by atoms with E-state index in [0.717, 1.165) is 26.2 Å². The fraction of sp³-hybridized carbons (Fsp3) is 0.261. The normalized spacial score (nSPS) is 13.7. The van der Waals surface area contributed by atoms with Crippen molar-refractivity contribution in [2.24, 2.45) is 0 Å². The molecule has 2 heterocycles. The van der Waals surface area contributed by atoms with Crippen molar-refractivity contribution < 1.29 is 9.53 Å². The maximum Gasteiger partial charge on any atom is 0.267 e. The molecule has 2 aromatic carbocycles. The Hall–Kier alpha value is -3.52. The summed E-state index contributed by atoms with van der Waals surface area (Å²) in [6.45, 7) is 3.06. The third-order valence-corrected chi connectivity index (χ3v) is 5.60. The van der Waals surface area contributed by atoms with Crippen LogP contribution in [0.1, 0.15) is 0 Å². The van der Waals surface area contributed by atoms with E-state index in [1.165, 1.54) is 23.5 Å². The Balaban J connectivity index is 1.40. The lowest BCUT2D eigenvalue weighted by molar-refractivity contribution is -0.117. The fourth-order valence-electron chi connectivity index (χ4n) is 3.63. The van der Waals surface area contributed by atoms with Crippen LogP contribution in [-0.4, -0.2) is 49.0 Å². The van der Waals surface area contributed by atoms with Gasteiger partial charge in [0.15, 0.2) is 0 Å². The topological polar surface area (TPSA) is 79.7 Å². The summed E-state index contributed by atoms with van der Waals surface area (Å²) in [5.41, 5.74) is 1.38. The van der Waals surface area contributed by atoms with E-state index < -0.39 is 0 Å². The van der Waals surface area contributed by atoms with Gasteiger partial charge in [-0.3, -0.25) is 9.59 Å². The van der Waals surface area contributed by atoms with Crippen molar-refractivity contribution >= 4 is 34.7 Å². The van der Waals surface area contributed by atoms with E-state index in [2.05, 4.69) is 32.3 Å². The third-order valence-electron chi connectivity index (χ3n) is 5.31. The van der Waals surface area contributed by atoms with Crippen LogP contribution >= 0.6 is 11.6 Å². The molecule has 1 amide bonds. The number of methoxy groups -OCH3 is 1. The minimum absolute atomic E-state index is 0.194. The minimum atomic E-state index is -0.369. The molecule has 8 nitrogen and oxygen atoms in total. The molecule has 0 atom stereocenters. The van der Waals surface area contributed by atoms with E-state index in [-0.39, 0.29) is 18.0 Å². The van der Waals surface area contributed by atoms with Crippen LogP contribution < -0.4 is 25.4 Å². The maximum absolute atomic E-state index is 12.5. The van der Waals surface area contributed by atoms with Gasteiger partial charge < -0.3 is 19.9 Å². The van der Waals surface area contributed by atoms with Gasteiger partial charge in [-0.25, -0.2) is 4.68 Å². The Morgan fingerprint density at radius 2 is 1.75 bits per heavy atom. The average Bonchev–Trinajstić information content (AvgIpc) is 2.81. The number of hydrogen-bond donors (Lipinski definition) is 1. The predicted octanol–water partition coefficient (Wildman–Crippen LogP) is 2.87. The summed E-state index contributed by atoms with van der Waals surface area (Å²) in [6.07, 6.45) is 0. The Labute approximate surface area is 191 Å². The number of carbonyl (C=O) groups is 1. The number of para-hydroxylation sites is 1. The van der Waals surface area contributed by atoms with Gasteiger partial charge in [-0.15, -0.1) is 0 Å². The quantitative estimate of drug-likeness (QED) is 0.618. The fourth-order valence-corrected chi connectivity index (χ4v) is 3.89. The number of halogens is 1. The van der Waals surface area contributed by atoms with Gasteiger partial charge in [-0.2, -0.15) is 5.10 Å². The number of carbonyl (C=O) groups excluding carboxylic acids is 1. The first-order valence-electron chi connectivity index (χ1n) is 10.3. The molecule has 0 saturated carbocycles. The molecule has 1 saturated heterocycles. The van der Waals surface area contributed by atoms with Crippen molar-refractivity contribution in [2.75, 3.05) is 48.4 Å². The van der Waals surface area contributed by atoms with Crippen LogP contribution in [0.15, 0.2) is 65.5 Å². The molecule has 166 valence electrons. The first-order chi connectivity index (χ1) is 15.5. The van der Waals surface area contributed by atoms with Crippen LogP contribution in [-0.2, 0) is 11.3 Å². The highest BCUT2D eigenvalue weighted by molar-refractivity contribution is 6.32. The second-order valence-corrected chi connectivity index (χ2v) is 7.80. The van der Waals surface area contributed by atoms with Gasteiger partial charge in [0.25, 0.3) is 5.56 Å². The molecule has 32 heavy (non-hydrogen) atoms. The van der Waals surface area contributed by atoms with Crippen LogP contribution in [0.3, 0.4) is 0 Å². The molecule has 0 spiro atoms. The van der Waals surface area contributed by atoms with Crippen molar-refractivity contribution in [1.82, 2.24) is 9.78 Å². The molecule has 1 aliphatic rings. The van der Waals surface area contributed by atoms with Gasteiger partial charge in [-0.05, 0) is 36.4 Å². The molecule has 0 bridgehead atoms. The standard InChI is InChI=1S/C23H24ClN5O3/c1-32-20-8-7-17(15-19(20)24)25-22(30)16-29-23(31)10-9-21(26-29)28-13-11-27(12-14-28)18-5-3-2-4-6-18/h2-10,15H,11-14,16H2,1H3,(H,25,30). The zero-order chi connectivity index (χ0) is 22.5. The van der Waals surface area contributed by atoms with Crippen molar-refractivity contribution in [1.29, 1.82) is 0 Å². The van der Waals surface area contributed by atoms with E-state index in [4.69, 9.17) is 16.3 Å². The smallest absolute Gasteiger partial charge is 0.267 e. The monoisotopic (exact) mass is 453 g/mol. The lowest BCUT2D eigenvalue weighted by atomic mass is 10.2. The summed E-state index contributed by atoms with van der Waals surface area (Å²) in [6, 6.07) is 18.4. The largest absolute Gasteiger partial charge is 0.495 e. The molecule has 1 N–H and O–H groups in total. The molecule has 1 fully saturated rings. The molecular formula is C23H24ClN5O3. The van der Waals surface area contributed by atoms with Crippen molar-refractivity contribution in [3.05, 3.63) is 76.0 Å². The third kappa shape index (κ3) is 5.03. The summed E-state index contributed by atoms with van der Waals surface area (Å²) >= 11 is 6.10. The average molecular weight is 454 g/mol. The first kappa shape index (κ1) is 21.7. The summed E-state index contributed by atoms with van der Waals surface area (Å²) in [5, 5.41) is 7.55. The van der Waals surface area contributed by atoms with Gasteiger partial charge >= 0.3 is 0 Å². The number of nitrogens with one attached hydrogen (secondary N) is 1. The van der Waals surface area contributed by atoms with Crippen LogP contribution in [0, 0.1) is 0 Å². The highest BCUT2D eigenvalue weighted by Gasteiger charge is 2.19. The molecule has 0 aliphatic carbocycles. The SMILES string of the molecule is COc1ccc(NC(=O)Cn2nc(N3CCN(c4ccccc4)CC3)ccc2=O)cc1Cl. The second-order valence-electron chi connectivity index (χ2n) is 7.39. The highest BCUT2D eigenvalue weighted by atomic mass is 35.5. The van der Waals surface area contributed by atoms with Gasteiger partial charge in [0, 0.05) is 43.6 Å². The number of amides is 1. The molecule has 1 aromatic heterocycles. The van der Waals surface area contributed by atoms with E-state index in [0.29, 0.717) is 22.3 Å². The number of piperazine rings is 1. The van der Waals surface area contributed by atoms with Crippen LogP contribution in [0.2, 0.25) is 5.02 Å². The highest BCUT2D eigenvalue weighted by Crippen LogP contribution is 2.27. The van der Waals surface area contributed by atoms with Crippen molar-refractivity contribution in [3.63, 3.8) is 0 Å². The van der Waals surface area contributed by atoms with Crippen LogP contribution in [0.25, 0.3) is 0 Å². The maximum atomic E-state index is 12.5. The first-order valence-corrected chi connectivity index (χ1v) is 10.7. The number of benzene rings is 2. The molecular weight excluding hydrogens is 430 g/mol. The Kier molecular flexibility index (Phi) is 6.61. The number of rotatable bonds is 6. The lowest BCUT2D eigenvalue weighted by Crippen LogP contribution is -2.47. The Morgan fingerprint density at radius 3 is 2.44 bits per heavy atom. The van der Waals surface area contributed by atoms with Gasteiger partial charge in [-0.1, -0.05) is 29.8 Å². The molecule has 1 aliphatic heterocycles. The number of nitrogens with zero attached hydrogens (tertiary/aromatic N) is 4. The van der Waals surface area contributed by atoms with Crippen molar-refractivity contribution in [3.8, 4) is 5.75 Å². The zero-order valence-corrected chi connectivity index (χ0v) is 18.5. The molecule has 9 heteroatoms. The number of ether oxygens (including phenoxy) is 1. The molecule has 0 radical (unpaired) electrons. The zero-order valence-electron chi connectivity index (χ0n) is 17.7. The Bertz CT molecular complexity index is 1140. The van der Waals surface area contributed by atoms with Crippen LogP contribution in [0.4, 0.5) is 17.2 Å². The van der Waals surface area contributed by atoms with E-state index >= 15 is 0 Å². The summed E-state index contributed by atoms with van der Waals surface area (Å²) in [5.74, 6) is 0.826. The summed E-state index contributed by atoms with van der Waals surface area (Å²) in [7, 11) is 1.52. The Morgan fingerprint density at radius 1 is 1.03 bits per heavy atom. The summed E-state index contributed by atoms with van der Waals surface area (Å²) in [4.78, 5) is 29.2. The predicted molar refractivity (Wildman–Crippen MR) is 126 cm³/mol. The second kappa shape index (κ2) is 9.74. The number of hydrogen-bond acceptors (Lipinski definition) is 6. The lowest BCUT2D eigenvalue weighted by Gasteiger charge is -2.36. The van der Waals surface area contributed by atoms with Gasteiger partial charge in [0.2, 0.25) is 5.91 Å². The van der Waals surface area contributed by atoms with Gasteiger partial charge in [0.1, 0.15) is 18.1 Å². The van der Waals surface area contributed by atoms with Crippen molar-refractivity contribution in [2.45, 2.75) is 6.54 Å². The minimum Gasteiger partial charge on any atom is -0.495 e. The van der Waals surface area contributed by atoms with E-state index in [9.17, 15) is 9.59 Å². The molecule has 3 aromatic rings. The number of aromatic nitrogens is 2. The molecule has 4 rings (SSSR count). The molecule has 0 unspecified atom stereocenters. The van der Waals surface area contributed by atoms with E-state index in [1.54, 1.807) is 24.3 Å². The summed E-state index contributed by atoms with van der Waals surface area (Å²) < 4.78 is 6.29. The number of anilines is 3. The van der Waals surface area contributed by atoms with E-state index in [1.807, 2.05) is 18.2 Å².